The van der Waals surface area contributed by atoms with E-state index >= 15 is 0 Å². The van der Waals surface area contributed by atoms with E-state index in [1.807, 2.05) is 33.8 Å². The minimum absolute atomic E-state index is 0.553. The van der Waals surface area contributed by atoms with Gasteiger partial charge in [-0.1, -0.05) is 39.3 Å². The molecule has 0 aliphatic heterocycles. The van der Waals surface area contributed by atoms with Gasteiger partial charge in [0.25, 0.3) is 0 Å². The van der Waals surface area contributed by atoms with Crippen molar-refractivity contribution in [3.63, 3.8) is 0 Å². The molecule has 0 aliphatic rings. The number of nitrogens with zero attached hydrogens (tertiary/aromatic N) is 1. The first-order valence-electron chi connectivity index (χ1n) is 5.54. The number of hydrogen-bond acceptors (Lipinski definition) is 3. The van der Waals surface area contributed by atoms with Crippen LogP contribution in [0.2, 0.25) is 5.02 Å². The predicted molar refractivity (Wildman–Crippen MR) is 75.2 cm³/mol. The highest BCUT2D eigenvalue weighted by Crippen LogP contribution is 2.29. The molecule has 16 heavy (non-hydrogen) atoms. The van der Waals surface area contributed by atoms with Gasteiger partial charge in [0.05, 0.1) is 15.2 Å². The van der Waals surface area contributed by atoms with Crippen molar-refractivity contribution in [3.05, 3.63) is 28.2 Å². The van der Waals surface area contributed by atoms with Crippen molar-refractivity contribution < 1.29 is 0 Å². The van der Waals surface area contributed by atoms with Crippen molar-refractivity contribution in [2.75, 3.05) is 0 Å². The highest BCUT2D eigenvalue weighted by molar-refractivity contribution is 7.19. The van der Waals surface area contributed by atoms with Gasteiger partial charge in [0, 0.05) is 17.6 Å². The Balaban J connectivity index is 0.000000509. The van der Waals surface area contributed by atoms with Gasteiger partial charge in [-0.05, 0) is 12.1 Å². The number of thiophene rings is 1. The van der Waals surface area contributed by atoms with Crippen LogP contribution in [0.5, 0.6) is 0 Å². The fourth-order valence-electron chi connectivity index (χ4n) is 1.06. The number of hydrogen-bond donors (Lipinski definition) is 1. The van der Waals surface area contributed by atoms with E-state index in [2.05, 4.69) is 4.98 Å². The van der Waals surface area contributed by atoms with Crippen LogP contribution in [-0.2, 0) is 6.54 Å². The Morgan fingerprint density at radius 3 is 2.44 bits per heavy atom. The molecular formula is C12H19ClN2S. The predicted octanol–water partition coefficient (Wildman–Crippen LogP) is 4.46. The standard InChI is InChI=1S/C8H7ClN2S.2C2H6/c9-6-1-2-11-7-3-5(4-10)12-8(6)7;2*1-2/h1-3H,4,10H2;2*1-2H3. The van der Waals surface area contributed by atoms with Gasteiger partial charge in [0.2, 0.25) is 0 Å². The molecule has 0 atom stereocenters. The Kier molecular flexibility index (Phi) is 8.16. The zero-order valence-electron chi connectivity index (χ0n) is 10.2. The van der Waals surface area contributed by atoms with E-state index in [-0.39, 0.29) is 0 Å². The molecule has 0 fully saturated rings. The van der Waals surface area contributed by atoms with Gasteiger partial charge in [-0.3, -0.25) is 4.98 Å². The lowest BCUT2D eigenvalue weighted by Crippen LogP contribution is -1.91. The van der Waals surface area contributed by atoms with Crippen molar-refractivity contribution >= 4 is 33.2 Å². The van der Waals surface area contributed by atoms with E-state index in [9.17, 15) is 0 Å². The topological polar surface area (TPSA) is 38.9 Å². The summed E-state index contributed by atoms with van der Waals surface area (Å²) >= 11 is 7.56. The minimum Gasteiger partial charge on any atom is -0.326 e. The first-order chi connectivity index (χ1) is 7.81. The first kappa shape index (κ1) is 15.4. The Morgan fingerprint density at radius 2 is 1.94 bits per heavy atom. The fraction of sp³-hybridized carbons (Fsp3) is 0.417. The van der Waals surface area contributed by atoms with Crippen LogP contribution in [0.4, 0.5) is 0 Å². The third-order valence-corrected chi connectivity index (χ3v) is 3.22. The van der Waals surface area contributed by atoms with Crippen LogP contribution in [0, 0.1) is 0 Å². The van der Waals surface area contributed by atoms with Gasteiger partial charge in [0.15, 0.2) is 0 Å². The van der Waals surface area contributed by atoms with Crippen molar-refractivity contribution in [3.8, 4) is 0 Å². The van der Waals surface area contributed by atoms with E-state index in [0.29, 0.717) is 6.54 Å². The molecule has 90 valence electrons. The van der Waals surface area contributed by atoms with Gasteiger partial charge < -0.3 is 5.73 Å². The molecule has 2 N–H and O–H groups in total. The molecule has 0 spiro atoms. The molecule has 2 rings (SSSR count). The van der Waals surface area contributed by atoms with Crippen LogP contribution in [0.25, 0.3) is 10.2 Å². The van der Waals surface area contributed by atoms with Crippen molar-refractivity contribution in [1.29, 1.82) is 0 Å². The number of aromatic nitrogens is 1. The largest absolute Gasteiger partial charge is 0.326 e. The van der Waals surface area contributed by atoms with Crippen molar-refractivity contribution in [2.24, 2.45) is 5.73 Å². The fourth-order valence-corrected chi connectivity index (χ4v) is 2.22. The number of rotatable bonds is 1. The highest BCUT2D eigenvalue weighted by atomic mass is 35.5. The third-order valence-electron chi connectivity index (χ3n) is 1.62. The summed E-state index contributed by atoms with van der Waals surface area (Å²) in [6.45, 7) is 8.55. The van der Waals surface area contributed by atoms with Gasteiger partial charge >= 0.3 is 0 Å². The Labute approximate surface area is 106 Å². The summed E-state index contributed by atoms with van der Waals surface area (Å²) in [5.41, 5.74) is 6.44. The summed E-state index contributed by atoms with van der Waals surface area (Å²) in [6.07, 6.45) is 1.71. The SMILES string of the molecule is CC.CC.NCc1cc2nccc(Cl)c2s1. The maximum absolute atomic E-state index is 5.96. The maximum Gasteiger partial charge on any atom is 0.0828 e. The number of fused-ring (bicyclic) bond motifs is 1. The van der Waals surface area contributed by atoms with E-state index in [1.54, 1.807) is 23.6 Å². The quantitative estimate of drug-likeness (QED) is 0.820. The Hall–Kier alpha value is -0.640. The lowest BCUT2D eigenvalue weighted by molar-refractivity contribution is 1.11. The lowest BCUT2D eigenvalue weighted by atomic mass is 10.4. The molecule has 2 aromatic rings. The highest BCUT2D eigenvalue weighted by Gasteiger charge is 2.03. The normalized spacial score (nSPS) is 8.88. The van der Waals surface area contributed by atoms with Gasteiger partial charge in [-0.2, -0.15) is 0 Å². The van der Waals surface area contributed by atoms with Gasteiger partial charge in [-0.25, -0.2) is 0 Å². The molecular weight excluding hydrogens is 240 g/mol. The molecule has 0 radical (unpaired) electrons. The number of nitrogens with two attached hydrogens (primary N) is 1. The molecule has 0 saturated heterocycles. The smallest absolute Gasteiger partial charge is 0.0828 e. The number of halogens is 1. The van der Waals surface area contributed by atoms with Crippen LogP contribution in [0.15, 0.2) is 18.3 Å². The summed E-state index contributed by atoms with van der Waals surface area (Å²) in [6, 6.07) is 3.77. The molecule has 2 aromatic heterocycles. The van der Waals surface area contributed by atoms with E-state index in [0.717, 1.165) is 20.1 Å². The Bertz CT molecular complexity index is 412. The molecule has 4 heteroatoms. The average molecular weight is 259 g/mol. The molecule has 0 unspecified atom stereocenters. The molecule has 0 saturated carbocycles. The average Bonchev–Trinajstić information content (AvgIpc) is 2.79. The lowest BCUT2D eigenvalue weighted by Gasteiger charge is -1.88. The van der Waals surface area contributed by atoms with Crippen LogP contribution in [0.3, 0.4) is 0 Å². The summed E-state index contributed by atoms with van der Waals surface area (Å²) in [5, 5.41) is 0.754. The van der Waals surface area contributed by atoms with Crippen LogP contribution >= 0.6 is 22.9 Å². The summed E-state index contributed by atoms with van der Waals surface area (Å²) in [7, 11) is 0. The summed E-state index contributed by atoms with van der Waals surface area (Å²) in [4.78, 5) is 5.30. The summed E-state index contributed by atoms with van der Waals surface area (Å²) < 4.78 is 1.03. The molecule has 0 bridgehead atoms. The zero-order valence-corrected chi connectivity index (χ0v) is 11.8. The van der Waals surface area contributed by atoms with Gasteiger partial charge in [0.1, 0.15) is 0 Å². The van der Waals surface area contributed by atoms with Gasteiger partial charge in [-0.15, -0.1) is 11.3 Å². The molecule has 2 heterocycles. The molecule has 0 aliphatic carbocycles. The monoisotopic (exact) mass is 258 g/mol. The van der Waals surface area contributed by atoms with Crippen molar-refractivity contribution in [1.82, 2.24) is 4.98 Å². The van der Waals surface area contributed by atoms with E-state index < -0.39 is 0 Å². The maximum atomic E-state index is 5.96. The van der Waals surface area contributed by atoms with Crippen LogP contribution in [0.1, 0.15) is 32.6 Å². The third kappa shape index (κ3) is 3.74. The van der Waals surface area contributed by atoms with E-state index in [4.69, 9.17) is 17.3 Å². The second-order valence-electron chi connectivity index (χ2n) is 2.42. The molecule has 0 amide bonds. The minimum atomic E-state index is 0.553. The first-order valence-corrected chi connectivity index (χ1v) is 6.73. The summed E-state index contributed by atoms with van der Waals surface area (Å²) in [5.74, 6) is 0. The van der Waals surface area contributed by atoms with Crippen molar-refractivity contribution in [2.45, 2.75) is 34.2 Å². The second kappa shape index (κ2) is 8.50. The van der Waals surface area contributed by atoms with Crippen LogP contribution < -0.4 is 5.73 Å². The molecule has 2 nitrogen and oxygen atoms in total. The Morgan fingerprint density at radius 1 is 1.31 bits per heavy atom. The van der Waals surface area contributed by atoms with E-state index in [1.165, 1.54) is 0 Å². The number of pyridine rings is 1. The van der Waals surface area contributed by atoms with Crippen LogP contribution in [-0.4, -0.2) is 4.98 Å². The second-order valence-corrected chi connectivity index (χ2v) is 3.97. The molecule has 0 aromatic carbocycles. The zero-order chi connectivity index (χ0) is 12.6.